The van der Waals surface area contributed by atoms with Gasteiger partial charge in [-0.2, -0.15) is 13.2 Å². The standard InChI is InChI=1S/C23H26F3N3O6/c1-4-34-22(32)20-13(2)19(14(3)27-20)21(31)35-12-18(30)28-16-11-15(23(24,25)26)5-6-17(16)29-7-9-33-10-8-29/h5-6,11,27H,4,7-10,12H2,1-3H3,(H,28,30). The molecule has 2 N–H and O–H groups in total. The van der Waals surface area contributed by atoms with Crippen LogP contribution >= 0.6 is 0 Å². The molecule has 0 radical (unpaired) electrons. The lowest BCUT2D eigenvalue weighted by Gasteiger charge is -2.31. The molecule has 0 saturated carbocycles. The summed E-state index contributed by atoms with van der Waals surface area (Å²) in [4.78, 5) is 41.7. The minimum atomic E-state index is -4.60. The molecule has 1 amide bonds. The number of nitrogens with one attached hydrogen (secondary N) is 2. The number of rotatable bonds is 7. The van der Waals surface area contributed by atoms with E-state index in [-0.39, 0.29) is 23.6 Å². The summed E-state index contributed by atoms with van der Waals surface area (Å²) >= 11 is 0. The quantitative estimate of drug-likeness (QED) is 0.564. The van der Waals surface area contributed by atoms with Crippen LogP contribution in [0.1, 0.15) is 44.6 Å². The van der Waals surface area contributed by atoms with Crippen molar-refractivity contribution in [3.8, 4) is 0 Å². The maximum Gasteiger partial charge on any atom is 0.416 e. The highest BCUT2D eigenvalue weighted by atomic mass is 19.4. The highest BCUT2D eigenvalue weighted by Crippen LogP contribution is 2.35. The van der Waals surface area contributed by atoms with Crippen LogP contribution in [0.2, 0.25) is 0 Å². The van der Waals surface area contributed by atoms with Crippen LogP contribution in [0.3, 0.4) is 0 Å². The number of nitrogens with zero attached hydrogens (tertiary/aromatic N) is 1. The third-order valence-electron chi connectivity index (χ3n) is 5.41. The van der Waals surface area contributed by atoms with Crippen molar-refractivity contribution in [2.45, 2.75) is 26.9 Å². The monoisotopic (exact) mass is 497 g/mol. The van der Waals surface area contributed by atoms with E-state index in [2.05, 4.69) is 10.3 Å². The van der Waals surface area contributed by atoms with Crippen LogP contribution in [-0.4, -0.2) is 62.3 Å². The third kappa shape index (κ3) is 6.13. The van der Waals surface area contributed by atoms with Gasteiger partial charge in [0.15, 0.2) is 6.61 Å². The topological polar surface area (TPSA) is 110 Å². The molecule has 3 rings (SSSR count). The maximum atomic E-state index is 13.3. The van der Waals surface area contributed by atoms with Gasteiger partial charge in [0.05, 0.1) is 42.3 Å². The van der Waals surface area contributed by atoms with Crippen LogP contribution in [0, 0.1) is 13.8 Å². The molecule has 0 aliphatic carbocycles. The van der Waals surface area contributed by atoms with Crippen LogP contribution in [-0.2, 0) is 25.2 Å². The summed E-state index contributed by atoms with van der Waals surface area (Å²) in [5.41, 5.74) is 0.252. The predicted octanol–water partition coefficient (Wildman–Crippen LogP) is 3.46. The van der Waals surface area contributed by atoms with Crippen LogP contribution < -0.4 is 10.2 Å². The van der Waals surface area contributed by atoms with Gasteiger partial charge in [-0.3, -0.25) is 4.79 Å². The molecule has 0 unspecified atom stereocenters. The van der Waals surface area contributed by atoms with Gasteiger partial charge in [0.25, 0.3) is 5.91 Å². The molecule has 9 nitrogen and oxygen atoms in total. The van der Waals surface area contributed by atoms with Crippen molar-refractivity contribution in [3.05, 3.63) is 46.3 Å². The lowest BCUT2D eigenvalue weighted by Crippen LogP contribution is -2.37. The zero-order valence-corrected chi connectivity index (χ0v) is 19.5. The first-order chi connectivity index (χ1) is 16.5. The summed E-state index contributed by atoms with van der Waals surface area (Å²) in [5, 5.41) is 2.42. The number of alkyl halides is 3. The van der Waals surface area contributed by atoms with Crippen molar-refractivity contribution >= 4 is 29.2 Å². The highest BCUT2D eigenvalue weighted by Gasteiger charge is 2.32. The number of anilines is 2. The van der Waals surface area contributed by atoms with E-state index in [1.165, 1.54) is 13.0 Å². The Balaban J connectivity index is 1.74. The number of aromatic amines is 1. The van der Waals surface area contributed by atoms with Gasteiger partial charge in [-0.05, 0) is 44.5 Å². The molecule has 12 heteroatoms. The number of ether oxygens (including phenoxy) is 3. The first kappa shape index (κ1) is 26.1. The zero-order chi connectivity index (χ0) is 25.8. The van der Waals surface area contributed by atoms with E-state index in [0.717, 1.165) is 12.1 Å². The average molecular weight is 497 g/mol. The van der Waals surface area contributed by atoms with E-state index in [0.29, 0.717) is 43.2 Å². The largest absolute Gasteiger partial charge is 0.461 e. The number of halogens is 3. The first-order valence-electron chi connectivity index (χ1n) is 10.9. The number of carbonyl (C=O) groups excluding carboxylic acids is 3. The summed E-state index contributed by atoms with van der Waals surface area (Å²) in [6.45, 7) is 5.83. The van der Waals surface area contributed by atoms with Crippen LogP contribution in [0.5, 0.6) is 0 Å². The summed E-state index contributed by atoms with van der Waals surface area (Å²) < 4.78 is 55.1. The van der Waals surface area contributed by atoms with Crippen LogP contribution in [0.25, 0.3) is 0 Å². The summed E-state index contributed by atoms with van der Waals surface area (Å²) in [6.07, 6.45) is -4.60. The van der Waals surface area contributed by atoms with Gasteiger partial charge in [0.1, 0.15) is 5.69 Å². The number of aryl methyl sites for hydroxylation is 1. The molecule has 1 saturated heterocycles. The van der Waals surface area contributed by atoms with Crippen molar-refractivity contribution in [2.75, 3.05) is 49.7 Å². The van der Waals surface area contributed by atoms with Crippen molar-refractivity contribution in [1.29, 1.82) is 0 Å². The maximum absolute atomic E-state index is 13.3. The second-order valence-electron chi connectivity index (χ2n) is 7.80. The van der Waals surface area contributed by atoms with Crippen molar-refractivity contribution in [3.63, 3.8) is 0 Å². The zero-order valence-electron chi connectivity index (χ0n) is 19.5. The van der Waals surface area contributed by atoms with E-state index in [4.69, 9.17) is 14.2 Å². The van der Waals surface area contributed by atoms with Crippen molar-refractivity contribution < 1.29 is 41.8 Å². The van der Waals surface area contributed by atoms with Crippen molar-refractivity contribution in [2.24, 2.45) is 0 Å². The normalized spacial score (nSPS) is 13.9. The number of esters is 2. The van der Waals surface area contributed by atoms with Gasteiger partial charge in [0, 0.05) is 18.8 Å². The van der Waals surface area contributed by atoms with Gasteiger partial charge in [-0.15, -0.1) is 0 Å². The number of hydrogen-bond acceptors (Lipinski definition) is 7. The summed E-state index contributed by atoms with van der Waals surface area (Å²) in [6, 6.07) is 3.08. The molecule has 1 aromatic heterocycles. The Morgan fingerprint density at radius 3 is 2.43 bits per heavy atom. The second kappa shape index (κ2) is 10.8. The molecular formula is C23H26F3N3O6. The van der Waals surface area contributed by atoms with Gasteiger partial charge in [-0.25, -0.2) is 9.59 Å². The van der Waals surface area contributed by atoms with Gasteiger partial charge in [-0.1, -0.05) is 0 Å². The molecule has 1 aliphatic heterocycles. The summed E-state index contributed by atoms with van der Waals surface area (Å²) in [5.74, 6) is -2.31. The molecular weight excluding hydrogens is 471 g/mol. The van der Waals surface area contributed by atoms with E-state index in [1.54, 1.807) is 18.7 Å². The molecule has 1 fully saturated rings. The highest BCUT2D eigenvalue weighted by molar-refractivity contribution is 6.01. The van der Waals surface area contributed by atoms with Gasteiger partial charge < -0.3 is 29.4 Å². The minimum Gasteiger partial charge on any atom is -0.461 e. The minimum absolute atomic E-state index is 0.0543. The third-order valence-corrected chi connectivity index (χ3v) is 5.41. The molecule has 2 aromatic rings. The Morgan fingerprint density at radius 1 is 1.11 bits per heavy atom. The molecule has 35 heavy (non-hydrogen) atoms. The first-order valence-corrected chi connectivity index (χ1v) is 10.9. The lowest BCUT2D eigenvalue weighted by atomic mass is 10.1. The number of carbonyl (C=O) groups is 3. The molecule has 0 spiro atoms. The fourth-order valence-electron chi connectivity index (χ4n) is 3.75. The second-order valence-corrected chi connectivity index (χ2v) is 7.80. The Morgan fingerprint density at radius 2 is 1.80 bits per heavy atom. The van der Waals surface area contributed by atoms with Crippen LogP contribution in [0.15, 0.2) is 18.2 Å². The number of hydrogen-bond donors (Lipinski definition) is 2. The van der Waals surface area contributed by atoms with E-state index >= 15 is 0 Å². The SMILES string of the molecule is CCOC(=O)c1[nH]c(C)c(C(=O)OCC(=O)Nc2cc(C(F)(F)F)ccc2N2CCOCC2)c1C. The molecule has 1 aliphatic rings. The fraction of sp³-hybridized carbons (Fsp3) is 0.435. The molecule has 1 aromatic carbocycles. The Hall–Kier alpha value is -3.54. The number of morpholine rings is 1. The molecule has 190 valence electrons. The predicted molar refractivity (Wildman–Crippen MR) is 120 cm³/mol. The van der Waals surface area contributed by atoms with Gasteiger partial charge >= 0.3 is 18.1 Å². The summed E-state index contributed by atoms with van der Waals surface area (Å²) in [7, 11) is 0. The van der Waals surface area contributed by atoms with Crippen molar-refractivity contribution in [1.82, 2.24) is 4.98 Å². The van der Waals surface area contributed by atoms with E-state index in [9.17, 15) is 27.6 Å². The van der Waals surface area contributed by atoms with Crippen LogP contribution in [0.4, 0.5) is 24.5 Å². The van der Waals surface area contributed by atoms with E-state index < -0.39 is 36.2 Å². The smallest absolute Gasteiger partial charge is 0.416 e. The molecule has 0 bridgehead atoms. The van der Waals surface area contributed by atoms with Gasteiger partial charge in [0.2, 0.25) is 0 Å². The number of aromatic nitrogens is 1. The van der Waals surface area contributed by atoms with E-state index in [1.807, 2.05) is 0 Å². The molecule has 2 heterocycles. The number of benzene rings is 1. The lowest BCUT2D eigenvalue weighted by molar-refractivity contribution is -0.137. The number of amides is 1. The molecule has 0 atom stereocenters. The fourth-order valence-corrected chi connectivity index (χ4v) is 3.75. The Kier molecular flexibility index (Phi) is 8.05. The Labute approximate surface area is 199 Å². The number of H-pyrrole nitrogens is 1. The average Bonchev–Trinajstić information content (AvgIpc) is 3.11. The Bertz CT molecular complexity index is 1110.